The number of halogens is 1. The molecule has 0 spiro atoms. The van der Waals surface area contributed by atoms with Crippen molar-refractivity contribution >= 4 is 5.97 Å². The van der Waals surface area contributed by atoms with Gasteiger partial charge >= 0.3 is 5.97 Å². The first-order chi connectivity index (χ1) is 19.0. The molecule has 39 heavy (non-hydrogen) atoms. The predicted octanol–water partition coefficient (Wildman–Crippen LogP) is 9.55. The van der Waals surface area contributed by atoms with E-state index in [1.807, 2.05) is 19.3 Å². The highest BCUT2D eigenvalue weighted by atomic mass is 19.1. The number of aromatic nitrogens is 2. The topological polar surface area (TPSA) is 63.1 Å². The number of carboxylic acid groups (broad SMARTS) is 1. The van der Waals surface area contributed by atoms with Gasteiger partial charge in [-0.2, -0.15) is 0 Å². The van der Waals surface area contributed by atoms with E-state index in [0.29, 0.717) is 12.8 Å². The molecular formula is C34H51FN2O2. The first kappa shape index (κ1) is 31.2. The lowest BCUT2D eigenvalue weighted by molar-refractivity contribution is -0.158. The third-order valence-electron chi connectivity index (χ3n) is 8.85. The molecule has 4 nitrogen and oxygen atoms in total. The van der Waals surface area contributed by atoms with Crippen LogP contribution in [0.5, 0.6) is 0 Å². The van der Waals surface area contributed by atoms with Crippen LogP contribution in [-0.2, 0) is 17.6 Å². The van der Waals surface area contributed by atoms with Crippen molar-refractivity contribution in [2.75, 3.05) is 0 Å². The SMILES string of the molecule is CCCCCCCCCCc1cnc(-c2ccc(CCC(CC)C[C@@](F)(C(=O)O)C3CCCCC3)cc2)nc1. The Balaban J connectivity index is 1.45. The lowest BCUT2D eigenvalue weighted by Crippen LogP contribution is -2.44. The number of aryl methyl sites for hydroxylation is 2. The van der Waals surface area contributed by atoms with E-state index in [-0.39, 0.29) is 18.3 Å². The van der Waals surface area contributed by atoms with Crippen LogP contribution in [0, 0.1) is 11.8 Å². The molecule has 216 valence electrons. The highest BCUT2D eigenvalue weighted by Gasteiger charge is 2.47. The molecule has 1 aromatic heterocycles. The zero-order valence-electron chi connectivity index (χ0n) is 24.5. The molecule has 0 saturated heterocycles. The maximum Gasteiger partial charge on any atom is 0.341 e. The number of benzene rings is 1. The summed E-state index contributed by atoms with van der Waals surface area (Å²) in [4.78, 5) is 21.2. The Morgan fingerprint density at radius 1 is 0.897 bits per heavy atom. The van der Waals surface area contributed by atoms with Crippen molar-refractivity contribution < 1.29 is 14.3 Å². The molecule has 1 unspecified atom stereocenters. The van der Waals surface area contributed by atoms with Crippen molar-refractivity contribution in [2.45, 2.75) is 135 Å². The second kappa shape index (κ2) is 16.7. The molecule has 0 bridgehead atoms. The van der Waals surface area contributed by atoms with E-state index in [1.165, 1.54) is 62.5 Å². The second-order valence-corrected chi connectivity index (χ2v) is 11.9. The lowest BCUT2D eigenvalue weighted by Gasteiger charge is -2.35. The molecule has 5 heteroatoms. The molecule has 0 radical (unpaired) electrons. The van der Waals surface area contributed by atoms with Gasteiger partial charge in [-0.25, -0.2) is 19.2 Å². The zero-order chi connectivity index (χ0) is 27.9. The van der Waals surface area contributed by atoms with Crippen LogP contribution in [0.1, 0.15) is 128 Å². The molecule has 2 aromatic rings. The summed E-state index contributed by atoms with van der Waals surface area (Å²) in [6, 6.07) is 8.31. The number of hydrogen-bond donors (Lipinski definition) is 1. The summed E-state index contributed by atoms with van der Waals surface area (Å²) in [5.74, 6) is -0.807. The molecule has 1 fully saturated rings. The molecule has 1 aliphatic carbocycles. The summed E-state index contributed by atoms with van der Waals surface area (Å²) in [5, 5.41) is 9.78. The zero-order valence-corrected chi connectivity index (χ0v) is 24.5. The summed E-state index contributed by atoms with van der Waals surface area (Å²) < 4.78 is 15.8. The van der Waals surface area contributed by atoms with Gasteiger partial charge in [0.15, 0.2) is 5.82 Å². The van der Waals surface area contributed by atoms with Crippen molar-refractivity contribution in [3.63, 3.8) is 0 Å². The van der Waals surface area contributed by atoms with Gasteiger partial charge in [-0.3, -0.25) is 0 Å². The van der Waals surface area contributed by atoms with E-state index >= 15 is 4.39 Å². The number of carbonyl (C=O) groups is 1. The first-order valence-corrected chi connectivity index (χ1v) is 15.8. The molecule has 1 saturated carbocycles. The van der Waals surface area contributed by atoms with Gasteiger partial charge in [-0.05, 0) is 62.0 Å². The third kappa shape index (κ3) is 9.99. The molecule has 0 aliphatic heterocycles. The fraction of sp³-hybridized carbons (Fsp3) is 0.676. The Hall–Kier alpha value is -2.30. The molecule has 1 heterocycles. The lowest BCUT2D eigenvalue weighted by atomic mass is 9.73. The Kier molecular flexibility index (Phi) is 13.4. The van der Waals surface area contributed by atoms with Crippen molar-refractivity contribution in [3.05, 3.63) is 47.8 Å². The average molecular weight is 539 g/mol. The van der Waals surface area contributed by atoms with Crippen LogP contribution in [0.25, 0.3) is 11.4 Å². The number of carboxylic acids is 1. The van der Waals surface area contributed by atoms with Crippen LogP contribution >= 0.6 is 0 Å². The minimum Gasteiger partial charge on any atom is -0.479 e. The number of hydrogen-bond acceptors (Lipinski definition) is 3. The second-order valence-electron chi connectivity index (χ2n) is 11.9. The van der Waals surface area contributed by atoms with Crippen molar-refractivity contribution in [1.82, 2.24) is 9.97 Å². The Bertz CT molecular complexity index is 956. The quantitative estimate of drug-likeness (QED) is 0.192. The van der Waals surface area contributed by atoms with Gasteiger partial charge in [-0.1, -0.05) is 109 Å². The maximum atomic E-state index is 15.8. The summed E-state index contributed by atoms with van der Waals surface area (Å²) in [5.41, 5.74) is 1.28. The van der Waals surface area contributed by atoms with E-state index in [1.54, 1.807) is 0 Å². The number of aliphatic carboxylic acids is 1. The van der Waals surface area contributed by atoms with E-state index in [0.717, 1.165) is 56.3 Å². The van der Waals surface area contributed by atoms with Crippen molar-refractivity contribution in [1.29, 1.82) is 0 Å². The summed E-state index contributed by atoms with van der Waals surface area (Å²) in [6.45, 7) is 4.31. The van der Waals surface area contributed by atoms with Crippen LogP contribution in [0.15, 0.2) is 36.7 Å². The fourth-order valence-corrected chi connectivity index (χ4v) is 6.15. The standard InChI is InChI=1S/C34H51FN2O2/c1-3-5-6-7-8-9-10-12-15-29-25-36-32(37-26-29)30-22-20-28(21-23-30)19-18-27(4-2)24-34(35,33(38)39)31-16-13-11-14-17-31/h20-23,25-27,31H,3-19,24H2,1-2H3,(H,38,39)/t27?,34-/m0/s1. The Morgan fingerprint density at radius 2 is 1.51 bits per heavy atom. The number of nitrogens with zero attached hydrogens (tertiary/aromatic N) is 2. The predicted molar refractivity (Wildman–Crippen MR) is 159 cm³/mol. The van der Waals surface area contributed by atoms with Crippen LogP contribution in [0.2, 0.25) is 0 Å². The van der Waals surface area contributed by atoms with Gasteiger partial charge in [0.25, 0.3) is 0 Å². The Morgan fingerprint density at radius 3 is 2.10 bits per heavy atom. The van der Waals surface area contributed by atoms with E-state index in [2.05, 4.69) is 41.2 Å². The van der Waals surface area contributed by atoms with Crippen LogP contribution in [0.4, 0.5) is 4.39 Å². The molecule has 1 aliphatic rings. The molecule has 1 aromatic carbocycles. The number of unbranched alkanes of at least 4 members (excludes halogenated alkanes) is 7. The minimum absolute atomic E-state index is 0.0599. The minimum atomic E-state index is -2.09. The highest BCUT2D eigenvalue weighted by molar-refractivity contribution is 5.77. The summed E-state index contributed by atoms with van der Waals surface area (Å²) in [7, 11) is 0. The molecule has 1 N–H and O–H groups in total. The largest absolute Gasteiger partial charge is 0.479 e. The number of alkyl halides is 1. The molecular weight excluding hydrogens is 487 g/mol. The molecule has 0 amide bonds. The van der Waals surface area contributed by atoms with Crippen LogP contribution < -0.4 is 0 Å². The van der Waals surface area contributed by atoms with E-state index < -0.39 is 11.6 Å². The summed E-state index contributed by atoms with van der Waals surface area (Å²) in [6.07, 6.45) is 22.4. The van der Waals surface area contributed by atoms with Gasteiger partial charge in [0.2, 0.25) is 5.67 Å². The number of rotatable bonds is 18. The molecule has 2 atom stereocenters. The smallest absolute Gasteiger partial charge is 0.341 e. The van der Waals surface area contributed by atoms with Crippen LogP contribution in [0.3, 0.4) is 0 Å². The normalized spacial score (nSPS) is 16.6. The summed E-state index contributed by atoms with van der Waals surface area (Å²) >= 11 is 0. The third-order valence-corrected chi connectivity index (χ3v) is 8.85. The van der Waals surface area contributed by atoms with E-state index in [9.17, 15) is 9.90 Å². The average Bonchev–Trinajstić information content (AvgIpc) is 2.97. The Labute approximate surface area is 236 Å². The molecule has 3 rings (SSSR count). The van der Waals surface area contributed by atoms with Gasteiger partial charge in [-0.15, -0.1) is 0 Å². The maximum absolute atomic E-state index is 15.8. The van der Waals surface area contributed by atoms with Crippen LogP contribution in [-0.4, -0.2) is 26.7 Å². The van der Waals surface area contributed by atoms with Gasteiger partial charge in [0.1, 0.15) is 0 Å². The van der Waals surface area contributed by atoms with Crippen molar-refractivity contribution in [3.8, 4) is 11.4 Å². The van der Waals surface area contributed by atoms with E-state index in [4.69, 9.17) is 0 Å². The highest BCUT2D eigenvalue weighted by Crippen LogP contribution is 2.41. The van der Waals surface area contributed by atoms with Gasteiger partial charge < -0.3 is 5.11 Å². The van der Waals surface area contributed by atoms with Gasteiger partial charge in [0, 0.05) is 23.9 Å². The van der Waals surface area contributed by atoms with Crippen molar-refractivity contribution in [2.24, 2.45) is 11.8 Å². The first-order valence-electron chi connectivity index (χ1n) is 15.8. The van der Waals surface area contributed by atoms with Gasteiger partial charge in [0.05, 0.1) is 0 Å². The fourth-order valence-electron chi connectivity index (χ4n) is 6.15. The monoisotopic (exact) mass is 538 g/mol.